The Morgan fingerprint density at radius 2 is 1.95 bits per heavy atom. The zero-order chi connectivity index (χ0) is 15.2. The minimum Gasteiger partial charge on any atom is -0.352 e. The van der Waals surface area contributed by atoms with Gasteiger partial charge in [-0.2, -0.15) is 0 Å². The third-order valence-electron chi connectivity index (χ3n) is 3.84. The Hall–Kier alpha value is -0.910. The maximum atomic E-state index is 12.1. The molecule has 0 aromatic heterocycles. The van der Waals surface area contributed by atoms with Crippen LogP contribution in [0.15, 0.2) is 22.7 Å². The van der Waals surface area contributed by atoms with E-state index in [2.05, 4.69) is 38.1 Å². The summed E-state index contributed by atoms with van der Waals surface area (Å²) in [5, 5.41) is 3.00. The van der Waals surface area contributed by atoms with Crippen LogP contribution >= 0.6 is 15.9 Å². The Balaban J connectivity index is 1.69. The molecular formula is C16H24BrN3O. The van der Waals surface area contributed by atoms with Crippen LogP contribution in [0.3, 0.4) is 0 Å². The molecule has 1 heterocycles. The second-order valence-electron chi connectivity index (χ2n) is 5.77. The lowest BCUT2D eigenvalue weighted by molar-refractivity contribution is 0.0949. The van der Waals surface area contributed by atoms with Crippen LogP contribution in [0.1, 0.15) is 22.3 Å². The van der Waals surface area contributed by atoms with Gasteiger partial charge < -0.3 is 15.1 Å². The van der Waals surface area contributed by atoms with Crippen LogP contribution in [0.5, 0.6) is 0 Å². The molecular weight excluding hydrogens is 330 g/mol. The van der Waals surface area contributed by atoms with E-state index in [1.165, 1.54) is 0 Å². The van der Waals surface area contributed by atoms with Crippen LogP contribution in [0.25, 0.3) is 0 Å². The summed E-state index contributed by atoms with van der Waals surface area (Å²) >= 11 is 3.43. The molecule has 0 bridgehead atoms. The summed E-state index contributed by atoms with van der Waals surface area (Å²) in [7, 11) is 2.16. The van der Waals surface area contributed by atoms with Gasteiger partial charge in [-0.3, -0.25) is 4.79 Å². The van der Waals surface area contributed by atoms with Gasteiger partial charge in [0, 0.05) is 42.8 Å². The van der Waals surface area contributed by atoms with Gasteiger partial charge in [0.25, 0.3) is 5.91 Å². The van der Waals surface area contributed by atoms with Crippen molar-refractivity contribution in [1.29, 1.82) is 0 Å². The first kappa shape index (κ1) is 16.5. The number of amides is 1. The minimum absolute atomic E-state index is 0.0118. The fourth-order valence-electron chi connectivity index (χ4n) is 2.55. The number of aryl methyl sites for hydroxylation is 1. The molecule has 1 aliphatic rings. The van der Waals surface area contributed by atoms with Gasteiger partial charge in [-0.1, -0.05) is 15.9 Å². The number of piperazine rings is 1. The molecule has 116 valence electrons. The first-order valence-corrected chi connectivity index (χ1v) is 8.30. The van der Waals surface area contributed by atoms with Crippen molar-refractivity contribution in [2.45, 2.75) is 13.3 Å². The van der Waals surface area contributed by atoms with Crippen LogP contribution in [-0.2, 0) is 0 Å². The Morgan fingerprint density at radius 3 is 2.62 bits per heavy atom. The maximum absolute atomic E-state index is 12.1. The molecule has 1 N–H and O–H groups in total. The van der Waals surface area contributed by atoms with Crippen LogP contribution in [0, 0.1) is 6.92 Å². The van der Waals surface area contributed by atoms with Crippen LogP contribution in [0.4, 0.5) is 0 Å². The highest BCUT2D eigenvalue weighted by molar-refractivity contribution is 9.10. The van der Waals surface area contributed by atoms with E-state index < -0.39 is 0 Å². The van der Waals surface area contributed by atoms with Crippen molar-refractivity contribution in [3.8, 4) is 0 Å². The Labute approximate surface area is 135 Å². The number of nitrogens with one attached hydrogen (secondary N) is 1. The number of benzene rings is 1. The number of hydrogen-bond acceptors (Lipinski definition) is 3. The maximum Gasteiger partial charge on any atom is 0.251 e. The first-order valence-electron chi connectivity index (χ1n) is 7.51. The summed E-state index contributed by atoms with van der Waals surface area (Å²) in [6, 6.07) is 5.79. The summed E-state index contributed by atoms with van der Waals surface area (Å²) < 4.78 is 0.949. The summed E-state index contributed by atoms with van der Waals surface area (Å²) in [5.74, 6) is 0.0118. The normalized spacial score (nSPS) is 16.9. The molecule has 1 saturated heterocycles. The minimum atomic E-state index is 0.0118. The molecule has 5 heteroatoms. The summed E-state index contributed by atoms with van der Waals surface area (Å²) in [4.78, 5) is 16.9. The van der Waals surface area contributed by atoms with Gasteiger partial charge in [-0.15, -0.1) is 0 Å². The third kappa shape index (κ3) is 5.41. The molecule has 1 fully saturated rings. The van der Waals surface area contributed by atoms with Crippen molar-refractivity contribution in [2.75, 3.05) is 46.3 Å². The Bertz CT molecular complexity index is 464. The van der Waals surface area contributed by atoms with Crippen LogP contribution in [0.2, 0.25) is 0 Å². The van der Waals surface area contributed by atoms with Crippen molar-refractivity contribution >= 4 is 21.8 Å². The lowest BCUT2D eigenvalue weighted by Crippen LogP contribution is -2.45. The fraction of sp³-hybridized carbons (Fsp3) is 0.562. The van der Waals surface area contributed by atoms with Gasteiger partial charge in [0.05, 0.1) is 0 Å². The third-order valence-corrected chi connectivity index (χ3v) is 4.29. The highest BCUT2D eigenvalue weighted by atomic mass is 79.9. The second kappa shape index (κ2) is 7.92. The van der Waals surface area contributed by atoms with Gasteiger partial charge in [-0.25, -0.2) is 0 Å². The van der Waals surface area contributed by atoms with E-state index in [0.717, 1.165) is 61.3 Å². The van der Waals surface area contributed by atoms with Gasteiger partial charge >= 0.3 is 0 Å². The van der Waals surface area contributed by atoms with Crippen LogP contribution < -0.4 is 5.32 Å². The number of carbonyl (C=O) groups excluding carboxylic acids is 1. The van der Waals surface area contributed by atoms with Crippen molar-refractivity contribution in [3.63, 3.8) is 0 Å². The van der Waals surface area contributed by atoms with Crippen molar-refractivity contribution in [3.05, 3.63) is 33.8 Å². The summed E-state index contributed by atoms with van der Waals surface area (Å²) in [6.45, 7) is 8.34. The molecule has 2 rings (SSSR count). The molecule has 0 aliphatic carbocycles. The number of rotatable bonds is 5. The number of carbonyl (C=O) groups is 1. The second-order valence-corrected chi connectivity index (χ2v) is 6.69. The van der Waals surface area contributed by atoms with E-state index in [-0.39, 0.29) is 5.91 Å². The first-order chi connectivity index (χ1) is 10.0. The fourth-order valence-corrected chi connectivity index (χ4v) is 3.15. The number of likely N-dealkylation sites (N-methyl/N-ethyl adjacent to an activating group) is 1. The topological polar surface area (TPSA) is 35.6 Å². The molecule has 0 spiro atoms. The quantitative estimate of drug-likeness (QED) is 0.823. The predicted molar refractivity (Wildman–Crippen MR) is 89.8 cm³/mol. The molecule has 4 nitrogen and oxygen atoms in total. The Morgan fingerprint density at radius 1 is 1.24 bits per heavy atom. The predicted octanol–water partition coefficient (Wildman–Crippen LogP) is 2.12. The average Bonchev–Trinajstić information content (AvgIpc) is 2.44. The van der Waals surface area contributed by atoms with E-state index in [9.17, 15) is 4.79 Å². The lowest BCUT2D eigenvalue weighted by atomic mass is 10.1. The molecule has 21 heavy (non-hydrogen) atoms. The van der Waals surface area contributed by atoms with Gasteiger partial charge in [0.1, 0.15) is 0 Å². The summed E-state index contributed by atoms with van der Waals surface area (Å²) in [6.07, 6.45) is 1.00. The van der Waals surface area contributed by atoms with Crippen molar-refractivity contribution in [2.24, 2.45) is 0 Å². The SMILES string of the molecule is Cc1cc(Br)cc(C(=O)NCCCN2CCN(C)CC2)c1. The standard InChI is InChI=1S/C16H24BrN3O/c1-13-10-14(12-15(17)11-13)16(21)18-4-3-5-20-8-6-19(2)7-9-20/h10-12H,3-9H2,1-2H3,(H,18,21). The van der Waals surface area contributed by atoms with E-state index in [1.807, 2.05) is 25.1 Å². The average molecular weight is 354 g/mol. The number of halogens is 1. The van der Waals surface area contributed by atoms with Gasteiger partial charge in [-0.05, 0) is 50.7 Å². The molecule has 0 unspecified atom stereocenters. The van der Waals surface area contributed by atoms with E-state index in [1.54, 1.807) is 0 Å². The van der Waals surface area contributed by atoms with Gasteiger partial charge in [0.15, 0.2) is 0 Å². The monoisotopic (exact) mass is 353 g/mol. The largest absolute Gasteiger partial charge is 0.352 e. The molecule has 1 aromatic rings. The van der Waals surface area contributed by atoms with Crippen molar-refractivity contribution in [1.82, 2.24) is 15.1 Å². The van der Waals surface area contributed by atoms with Crippen LogP contribution in [-0.4, -0.2) is 62.0 Å². The molecule has 0 atom stereocenters. The highest BCUT2D eigenvalue weighted by Crippen LogP contribution is 2.15. The molecule has 1 aliphatic heterocycles. The van der Waals surface area contributed by atoms with E-state index in [0.29, 0.717) is 0 Å². The zero-order valence-electron chi connectivity index (χ0n) is 12.9. The van der Waals surface area contributed by atoms with Gasteiger partial charge in [0.2, 0.25) is 0 Å². The van der Waals surface area contributed by atoms with E-state index >= 15 is 0 Å². The molecule has 1 aromatic carbocycles. The Kier molecular flexibility index (Phi) is 6.21. The molecule has 0 radical (unpaired) electrons. The van der Waals surface area contributed by atoms with Crippen molar-refractivity contribution < 1.29 is 4.79 Å². The lowest BCUT2D eigenvalue weighted by Gasteiger charge is -2.32. The molecule has 0 saturated carbocycles. The molecule has 1 amide bonds. The van der Waals surface area contributed by atoms with E-state index in [4.69, 9.17) is 0 Å². The summed E-state index contributed by atoms with van der Waals surface area (Å²) in [5.41, 5.74) is 1.81. The highest BCUT2D eigenvalue weighted by Gasteiger charge is 2.13. The number of nitrogens with zero attached hydrogens (tertiary/aromatic N) is 2. The zero-order valence-corrected chi connectivity index (χ0v) is 14.4. The smallest absolute Gasteiger partial charge is 0.251 e. The number of hydrogen-bond donors (Lipinski definition) is 1.